The predicted octanol–water partition coefficient (Wildman–Crippen LogP) is 3.36. The van der Waals surface area contributed by atoms with Crippen LogP contribution in [0.25, 0.3) is 0 Å². The van der Waals surface area contributed by atoms with Crippen molar-refractivity contribution in [3.63, 3.8) is 0 Å². The van der Waals surface area contributed by atoms with E-state index in [9.17, 15) is 0 Å². The Bertz CT molecular complexity index is 274. The van der Waals surface area contributed by atoms with E-state index in [-0.39, 0.29) is 0 Å². The summed E-state index contributed by atoms with van der Waals surface area (Å²) in [7, 11) is 0. The molecule has 18 heavy (non-hydrogen) atoms. The smallest absolute Gasteiger partial charge is 0.0757 e. The second-order valence-corrected chi connectivity index (χ2v) is 7.03. The topological polar surface area (TPSA) is 21.3 Å². The summed E-state index contributed by atoms with van der Waals surface area (Å²) in [5, 5.41) is 4.00. The van der Waals surface area contributed by atoms with Crippen molar-refractivity contribution >= 4 is 0 Å². The van der Waals surface area contributed by atoms with Crippen LogP contribution in [0.5, 0.6) is 0 Å². The van der Waals surface area contributed by atoms with Crippen LogP contribution in [0.15, 0.2) is 0 Å². The lowest BCUT2D eigenvalue weighted by atomic mass is 9.77. The molecule has 0 spiro atoms. The van der Waals surface area contributed by atoms with Gasteiger partial charge < -0.3 is 10.1 Å². The fourth-order valence-corrected chi connectivity index (χ4v) is 4.12. The van der Waals surface area contributed by atoms with Crippen LogP contribution in [0.2, 0.25) is 0 Å². The Morgan fingerprint density at radius 3 is 2.44 bits per heavy atom. The Hall–Kier alpha value is -0.0800. The molecular weight excluding hydrogens is 222 g/mol. The van der Waals surface area contributed by atoms with E-state index in [0.717, 1.165) is 30.4 Å². The Morgan fingerprint density at radius 2 is 1.72 bits per heavy atom. The van der Waals surface area contributed by atoms with Gasteiger partial charge in [-0.05, 0) is 49.9 Å². The summed E-state index contributed by atoms with van der Waals surface area (Å²) < 4.78 is 5.96. The van der Waals surface area contributed by atoms with Crippen LogP contribution in [0, 0.1) is 17.8 Å². The minimum Gasteiger partial charge on any atom is -0.376 e. The number of ether oxygens (including phenoxy) is 1. The van der Waals surface area contributed by atoms with Gasteiger partial charge in [-0.15, -0.1) is 0 Å². The van der Waals surface area contributed by atoms with Crippen molar-refractivity contribution in [1.29, 1.82) is 0 Å². The molecular formula is C16H29NO. The molecule has 0 aromatic carbocycles. The standard InChI is InChI=1S/C16H29NO/c1-11(2)13-5-3-4-6-14(13)17-15-9-10-18-16(15)12-7-8-12/h11-17H,3-10H2,1-2H3. The monoisotopic (exact) mass is 251 g/mol. The molecule has 2 saturated carbocycles. The van der Waals surface area contributed by atoms with Gasteiger partial charge >= 0.3 is 0 Å². The van der Waals surface area contributed by atoms with Gasteiger partial charge in [-0.3, -0.25) is 0 Å². The molecule has 0 bridgehead atoms. The second-order valence-electron chi connectivity index (χ2n) is 7.03. The number of hydrogen-bond acceptors (Lipinski definition) is 2. The van der Waals surface area contributed by atoms with Crippen molar-refractivity contribution < 1.29 is 4.74 Å². The maximum absolute atomic E-state index is 5.96. The molecule has 104 valence electrons. The van der Waals surface area contributed by atoms with Gasteiger partial charge in [-0.25, -0.2) is 0 Å². The summed E-state index contributed by atoms with van der Waals surface area (Å²) >= 11 is 0. The van der Waals surface area contributed by atoms with E-state index in [2.05, 4.69) is 19.2 Å². The van der Waals surface area contributed by atoms with E-state index >= 15 is 0 Å². The first-order chi connectivity index (χ1) is 8.75. The summed E-state index contributed by atoms with van der Waals surface area (Å²) in [6.07, 6.45) is 10.3. The Balaban J connectivity index is 1.59. The molecule has 1 heterocycles. The largest absolute Gasteiger partial charge is 0.376 e. The first-order valence-electron chi connectivity index (χ1n) is 8.13. The predicted molar refractivity (Wildman–Crippen MR) is 74.6 cm³/mol. The molecule has 0 aromatic heterocycles. The first-order valence-corrected chi connectivity index (χ1v) is 8.13. The Kier molecular flexibility index (Phi) is 3.95. The Labute approximate surface area is 112 Å². The summed E-state index contributed by atoms with van der Waals surface area (Å²) in [5.74, 6) is 2.59. The van der Waals surface area contributed by atoms with Crippen molar-refractivity contribution in [2.45, 2.75) is 77.0 Å². The van der Waals surface area contributed by atoms with Gasteiger partial charge in [-0.2, -0.15) is 0 Å². The highest BCUT2D eigenvalue weighted by molar-refractivity contribution is 4.96. The maximum atomic E-state index is 5.96. The van der Waals surface area contributed by atoms with Crippen molar-refractivity contribution in [3.05, 3.63) is 0 Å². The number of hydrogen-bond donors (Lipinski definition) is 1. The quantitative estimate of drug-likeness (QED) is 0.827. The van der Waals surface area contributed by atoms with Gasteiger partial charge in [0.25, 0.3) is 0 Å². The van der Waals surface area contributed by atoms with Crippen LogP contribution in [0.4, 0.5) is 0 Å². The second kappa shape index (κ2) is 5.50. The van der Waals surface area contributed by atoms with Crippen molar-refractivity contribution in [3.8, 4) is 0 Å². The highest BCUT2D eigenvalue weighted by Crippen LogP contribution is 2.40. The molecule has 0 amide bonds. The van der Waals surface area contributed by atoms with Crippen LogP contribution < -0.4 is 5.32 Å². The summed E-state index contributed by atoms with van der Waals surface area (Å²) in [4.78, 5) is 0. The van der Waals surface area contributed by atoms with Gasteiger partial charge in [-0.1, -0.05) is 26.7 Å². The molecule has 3 rings (SSSR count). The lowest BCUT2D eigenvalue weighted by Crippen LogP contribution is -2.49. The van der Waals surface area contributed by atoms with Crippen LogP contribution in [-0.4, -0.2) is 24.8 Å². The molecule has 2 heteroatoms. The van der Waals surface area contributed by atoms with Gasteiger partial charge in [0.2, 0.25) is 0 Å². The average molecular weight is 251 g/mol. The minimum absolute atomic E-state index is 0.541. The zero-order valence-corrected chi connectivity index (χ0v) is 12.0. The molecule has 3 fully saturated rings. The third-order valence-corrected chi connectivity index (χ3v) is 5.33. The molecule has 1 saturated heterocycles. The summed E-state index contributed by atoms with van der Waals surface area (Å²) in [5.41, 5.74) is 0. The first kappa shape index (κ1) is 12.9. The molecule has 1 N–H and O–H groups in total. The third-order valence-electron chi connectivity index (χ3n) is 5.33. The molecule has 2 aliphatic carbocycles. The van der Waals surface area contributed by atoms with Crippen LogP contribution in [0.1, 0.15) is 58.8 Å². The molecule has 0 aromatic rings. The van der Waals surface area contributed by atoms with Crippen LogP contribution >= 0.6 is 0 Å². The van der Waals surface area contributed by atoms with Gasteiger partial charge in [0.1, 0.15) is 0 Å². The zero-order valence-electron chi connectivity index (χ0n) is 12.0. The zero-order chi connectivity index (χ0) is 12.5. The maximum Gasteiger partial charge on any atom is 0.0757 e. The fraction of sp³-hybridized carbons (Fsp3) is 1.00. The SMILES string of the molecule is CC(C)C1CCCCC1NC1CCOC1C1CC1. The van der Waals surface area contributed by atoms with E-state index in [1.165, 1.54) is 44.9 Å². The lowest BCUT2D eigenvalue weighted by Gasteiger charge is -2.37. The van der Waals surface area contributed by atoms with Crippen molar-refractivity contribution in [2.24, 2.45) is 17.8 Å². The number of rotatable bonds is 4. The van der Waals surface area contributed by atoms with E-state index in [4.69, 9.17) is 4.74 Å². The van der Waals surface area contributed by atoms with Crippen LogP contribution in [0.3, 0.4) is 0 Å². The lowest BCUT2D eigenvalue weighted by molar-refractivity contribution is 0.0724. The van der Waals surface area contributed by atoms with E-state index < -0.39 is 0 Å². The molecule has 1 aliphatic heterocycles. The van der Waals surface area contributed by atoms with Gasteiger partial charge in [0.15, 0.2) is 0 Å². The van der Waals surface area contributed by atoms with Gasteiger partial charge in [0, 0.05) is 18.7 Å². The molecule has 0 radical (unpaired) electrons. The summed E-state index contributed by atoms with van der Waals surface area (Å²) in [6.45, 7) is 5.78. The average Bonchev–Trinajstić information content (AvgIpc) is 3.11. The number of nitrogens with one attached hydrogen (secondary N) is 1. The normalized spacial score (nSPS) is 41.5. The van der Waals surface area contributed by atoms with Crippen LogP contribution in [-0.2, 0) is 4.74 Å². The van der Waals surface area contributed by atoms with Crippen molar-refractivity contribution in [1.82, 2.24) is 5.32 Å². The molecule has 3 aliphatic rings. The molecule has 4 atom stereocenters. The van der Waals surface area contributed by atoms with Crippen molar-refractivity contribution in [2.75, 3.05) is 6.61 Å². The highest BCUT2D eigenvalue weighted by atomic mass is 16.5. The molecule has 2 nitrogen and oxygen atoms in total. The third kappa shape index (κ3) is 2.75. The minimum atomic E-state index is 0.541. The molecule has 4 unspecified atom stereocenters. The highest BCUT2D eigenvalue weighted by Gasteiger charge is 2.42. The summed E-state index contributed by atoms with van der Waals surface area (Å²) in [6, 6.07) is 1.41. The Morgan fingerprint density at radius 1 is 0.944 bits per heavy atom. The van der Waals surface area contributed by atoms with E-state index in [1.54, 1.807) is 0 Å². The van der Waals surface area contributed by atoms with E-state index in [1.807, 2.05) is 0 Å². The van der Waals surface area contributed by atoms with E-state index in [0.29, 0.717) is 12.1 Å². The van der Waals surface area contributed by atoms with Gasteiger partial charge in [0.05, 0.1) is 6.10 Å². The fourth-order valence-electron chi connectivity index (χ4n) is 4.12.